The monoisotopic (exact) mass is 267 g/mol. The summed E-state index contributed by atoms with van der Waals surface area (Å²) in [5.74, 6) is 3.12. The third-order valence-corrected chi connectivity index (χ3v) is 4.68. The SMILES string of the molecule is CC(C)CSCC(C)NC(C)CS(C)(=O)=O. The first-order valence-electron chi connectivity index (χ1n) is 5.72. The Morgan fingerprint density at radius 2 is 1.62 bits per heavy atom. The minimum Gasteiger partial charge on any atom is -0.310 e. The molecule has 0 saturated carbocycles. The highest BCUT2D eigenvalue weighted by Gasteiger charge is 2.12. The average Bonchev–Trinajstić information content (AvgIpc) is 1.98. The first-order valence-corrected chi connectivity index (χ1v) is 8.93. The van der Waals surface area contributed by atoms with Crippen LogP contribution in [-0.4, -0.2) is 44.0 Å². The fraction of sp³-hybridized carbons (Fsp3) is 1.00. The molecule has 0 rings (SSSR count). The van der Waals surface area contributed by atoms with Crippen molar-refractivity contribution in [2.45, 2.75) is 39.8 Å². The van der Waals surface area contributed by atoms with Crippen molar-refractivity contribution in [3.8, 4) is 0 Å². The van der Waals surface area contributed by atoms with Crippen molar-refractivity contribution in [3.05, 3.63) is 0 Å². The lowest BCUT2D eigenvalue weighted by Crippen LogP contribution is -2.40. The van der Waals surface area contributed by atoms with Gasteiger partial charge in [0.1, 0.15) is 9.84 Å². The van der Waals surface area contributed by atoms with Crippen LogP contribution in [0.5, 0.6) is 0 Å². The molecule has 3 nitrogen and oxygen atoms in total. The van der Waals surface area contributed by atoms with Gasteiger partial charge < -0.3 is 5.32 Å². The molecule has 0 aliphatic carbocycles. The van der Waals surface area contributed by atoms with Gasteiger partial charge in [0.2, 0.25) is 0 Å². The van der Waals surface area contributed by atoms with E-state index in [2.05, 4.69) is 26.1 Å². The van der Waals surface area contributed by atoms with Gasteiger partial charge >= 0.3 is 0 Å². The number of sulfone groups is 1. The molecular weight excluding hydrogens is 242 g/mol. The topological polar surface area (TPSA) is 46.2 Å². The van der Waals surface area contributed by atoms with Crippen LogP contribution >= 0.6 is 11.8 Å². The minimum atomic E-state index is -2.87. The number of thioether (sulfide) groups is 1. The lowest BCUT2D eigenvalue weighted by Gasteiger charge is -2.19. The summed E-state index contributed by atoms with van der Waals surface area (Å²) in [7, 11) is -2.87. The van der Waals surface area contributed by atoms with Crippen molar-refractivity contribution in [1.82, 2.24) is 5.32 Å². The van der Waals surface area contributed by atoms with Gasteiger partial charge in [-0.1, -0.05) is 13.8 Å². The van der Waals surface area contributed by atoms with E-state index < -0.39 is 9.84 Å². The van der Waals surface area contributed by atoms with Gasteiger partial charge in [-0.05, 0) is 25.5 Å². The molecule has 0 aliphatic heterocycles. The first-order chi connectivity index (χ1) is 7.20. The molecule has 0 amide bonds. The van der Waals surface area contributed by atoms with Gasteiger partial charge in [0, 0.05) is 24.1 Å². The molecule has 0 saturated heterocycles. The van der Waals surface area contributed by atoms with Crippen LogP contribution in [0.2, 0.25) is 0 Å². The standard InChI is InChI=1S/C11H25NO2S2/c1-9(2)6-15-7-10(3)12-11(4)8-16(5,13)14/h9-12H,6-8H2,1-5H3. The van der Waals surface area contributed by atoms with E-state index in [1.54, 1.807) is 0 Å². The maximum absolute atomic E-state index is 11.1. The normalized spacial score (nSPS) is 16.4. The van der Waals surface area contributed by atoms with Crippen molar-refractivity contribution in [1.29, 1.82) is 0 Å². The average molecular weight is 267 g/mol. The number of hydrogen-bond acceptors (Lipinski definition) is 4. The van der Waals surface area contributed by atoms with Gasteiger partial charge in [-0.25, -0.2) is 8.42 Å². The Bertz CT molecular complexity index is 276. The zero-order valence-electron chi connectivity index (χ0n) is 11.0. The van der Waals surface area contributed by atoms with Crippen molar-refractivity contribution in [2.75, 3.05) is 23.5 Å². The van der Waals surface area contributed by atoms with Gasteiger partial charge in [0.05, 0.1) is 5.75 Å². The van der Waals surface area contributed by atoms with Crippen molar-refractivity contribution in [2.24, 2.45) is 5.92 Å². The van der Waals surface area contributed by atoms with Crippen LogP contribution in [0.25, 0.3) is 0 Å². The molecule has 0 aromatic heterocycles. The van der Waals surface area contributed by atoms with E-state index in [1.165, 1.54) is 6.26 Å². The van der Waals surface area contributed by atoms with Gasteiger partial charge in [-0.15, -0.1) is 0 Å². The zero-order chi connectivity index (χ0) is 12.8. The predicted octanol–water partition coefficient (Wildman–Crippen LogP) is 1.79. The number of nitrogens with one attached hydrogen (secondary N) is 1. The van der Waals surface area contributed by atoms with E-state index in [4.69, 9.17) is 0 Å². The lowest BCUT2D eigenvalue weighted by molar-refractivity contribution is 0.515. The molecule has 1 N–H and O–H groups in total. The summed E-state index contributed by atoms with van der Waals surface area (Å²) < 4.78 is 22.2. The third kappa shape index (κ3) is 10.8. The Morgan fingerprint density at radius 3 is 2.06 bits per heavy atom. The summed E-state index contributed by atoms with van der Waals surface area (Å²) >= 11 is 1.92. The number of hydrogen-bond donors (Lipinski definition) is 1. The smallest absolute Gasteiger partial charge is 0.148 e. The summed E-state index contributed by atoms with van der Waals surface area (Å²) in [6, 6.07) is 0.394. The molecule has 98 valence electrons. The van der Waals surface area contributed by atoms with Crippen LogP contribution < -0.4 is 5.32 Å². The van der Waals surface area contributed by atoms with E-state index in [-0.39, 0.29) is 11.8 Å². The Kier molecular flexibility index (Phi) is 7.68. The van der Waals surface area contributed by atoms with E-state index in [1.807, 2.05) is 18.7 Å². The lowest BCUT2D eigenvalue weighted by atomic mass is 10.3. The summed E-state index contributed by atoms with van der Waals surface area (Å²) in [6.07, 6.45) is 1.28. The summed E-state index contributed by atoms with van der Waals surface area (Å²) in [6.45, 7) is 8.44. The molecule has 2 atom stereocenters. The van der Waals surface area contributed by atoms with Crippen LogP contribution in [0.4, 0.5) is 0 Å². The third-order valence-electron chi connectivity index (χ3n) is 1.94. The zero-order valence-corrected chi connectivity index (χ0v) is 12.6. The Morgan fingerprint density at radius 1 is 1.06 bits per heavy atom. The quantitative estimate of drug-likeness (QED) is 0.728. The molecule has 0 aliphatic rings. The molecule has 0 heterocycles. The summed E-state index contributed by atoms with van der Waals surface area (Å²) in [5, 5.41) is 3.31. The highest BCUT2D eigenvalue weighted by atomic mass is 32.2. The first kappa shape index (κ1) is 16.3. The highest BCUT2D eigenvalue weighted by Crippen LogP contribution is 2.09. The van der Waals surface area contributed by atoms with Crippen LogP contribution in [0, 0.1) is 5.92 Å². The molecule has 0 spiro atoms. The predicted molar refractivity (Wildman–Crippen MR) is 73.9 cm³/mol. The second kappa shape index (κ2) is 7.56. The van der Waals surface area contributed by atoms with E-state index >= 15 is 0 Å². The fourth-order valence-electron chi connectivity index (χ4n) is 1.52. The molecule has 0 aromatic rings. The Hall–Kier alpha value is 0.260. The molecule has 2 unspecified atom stereocenters. The van der Waals surface area contributed by atoms with Crippen LogP contribution in [0.3, 0.4) is 0 Å². The molecular formula is C11H25NO2S2. The van der Waals surface area contributed by atoms with Crippen LogP contribution in [0.1, 0.15) is 27.7 Å². The number of rotatable bonds is 8. The van der Waals surface area contributed by atoms with Crippen molar-refractivity contribution >= 4 is 21.6 Å². The largest absolute Gasteiger partial charge is 0.310 e. The minimum absolute atomic E-state index is 0.0321. The molecule has 0 radical (unpaired) electrons. The van der Waals surface area contributed by atoms with Crippen LogP contribution in [-0.2, 0) is 9.84 Å². The maximum Gasteiger partial charge on any atom is 0.148 e. The van der Waals surface area contributed by atoms with Gasteiger partial charge in [0.25, 0.3) is 0 Å². The second-order valence-corrected chi connectivity index (χ2v) is 8.25. The van der Waals surface area contributed by atoms with Gasteiger partial charge in [-0.2, -0.15) is 11.8 Å². The maximum atomic E-state index is 11.1. The second-order valence-electron chi connectivity index (χ2n) is 4.99. The highest BCUT2D eigenvalue weighted by molar-refractivity contribution is 7.99. The molecule has 0 aromatic carbocycles. The van der Waals surface area contributed by atoms with E-state index in [9.17, 15) is 8.42 Å². The van der Waals surface area contributed by atoms with Crippen molar-refractivity contribution in [3.63, 3.8) is 0 Å². The van der Waals surface area contributed by atoms with E-state index in [0.717, 1.165) is 11.5 Å². The van der Waals surface area contributed by atoms with E-state index in [0.29, 0.717) is 12.0 Å². The van der Waals surface area contributed by atoms with Gasteiger partial charge in [0.15, 0.2) is 0 Å². The fourth-order valence-corrected chi connectivity index (χ4v) is 3.58. The molecule has 0 fully saturated rings. The van der Waals surface area contributed by atoms with Crippen molar-refractivity contribution < 1.29 is 8.42 Å². The summed E-state index contributed by atoms with van der Waals surface area (Å²) in [5.41, 5.74) is 0. The summed E-state index contributed by atoms with van der Waals surface area (Å²) in [4.78, 5) is 0. The Labute approximate surface area is 105 Å². The molecule has 0 bridgehead atoms. The van der Waals surface area contributed by atoms with Crippen LogP contribution in [0.15, 0.2) is 0 Å². The molecule has 5 heteroatoms. The Balaban J connectivity index is 3.74. The van der Waals surface area contributed by atoms with Gasteiger partial charge in [-0.3, -0.25) is 0 Å². The molecule has 16 heavy (non-hydrogen) atoms.